The van der Waals surface area contributed by atoms with E-state index in [2.05, 4.69) is 5.32 Å². The van der Waals surface area contributed by atoms with Crippen LogP contribution in [0.4, 0.5) is 11.4 Å². The first-order valence-corrected chi connectivity index (χ1v) is 11.3. The van der Waals surface area contributed by atoms with Crippen LogP contribution in [0.1, 0.15) is 23.6 Å². The average Bonchev–Trinajstić information content (AvgIpc) is 2.74. The van der Waals surface area contributed by atoms with Gasteiger partial charge in [-0.3, -0.25) is 9.10 Å². The Labute approximate surface area is 178 Å². The molecule has 0 atom stereocenters. The van der Waals surface area contributed by atoms with Gasteiger partial charge in [-0.2, -0.15) is 0 Å². The number of anilines is 2. The standard InChI is InChI=1S/C24H26N2O3S/c1-4-20-7-5-6-8-23(20)26(30(28,29)22-15-11-19(3)12-16-22)17-24(27)25-21-13-9-18(2)10-14-21/h5-16H,4,17H2,1-3H3,(H,25,27). The van der Waals surface area contributed by atoms with Crippen LogP contribution >= 0.6 is 0 Å². The number of rotatable bonds is 7. The number of carbonyl (C=O) groups is 1. The van der Waals surface area contributed by atoms with Gasteiger partial charge in [0.1, 0.15) is 6.54 Å². The topological polar surface area (TPSA) is 66.5 Å². The fourth-order valence-corrected chi connectivity index (χ4v) is 4.62. The van der Waals surface area contributed by atoms with E-state index < -0.39 is 15.9 Å². The lowest BCUT2D eigenvalue weighted by atomic mass is 10.1. The first-order chi connectivity index (χ1) is 14.3. The van der Waals surface area contributed by atoms with Crippen molar-refractivity contribution in [3.63, 3.8) is 0 Å². The summed E-state index contributed by atoms with van der Waals surface area (Å²) in [5.41, 5.74) is 4.04. The quantitative estimate of drug-likeness (QED) is 0.600. The number of nitrogens with zero attached hydrogens (tertiary/aromatic N) is 1. The van der Waals surface area contributed by atoms with Gasteiger partial charge in [0, 0.05) is 5.69 Å². The van der Waals surface area contributed by atoms with Gasteiger partial charge in [0.25, 0.3) is 10.0 Å². The van der Waals surface area contributed by atoms with Gasteiger partial charge in [-0.15, -0.1) is 0 Å². The summed E-state index contributed by atoms with van der Waals surface area (Å²) in [5.74, 6) is -0.402. The van der Waals surface area contributed by atoms with Crippen molar-refractivity contribution >= 4 is 27.3 Å². The molecule has 0 unspecified atom stereocenters. The summed E-state index contributed by atoms with van der Waals surface area (Å²) in [6.45, 7) is 5.50. The number of aryl methyl sites for hydroxylation is 3. The van der Waals surface area contributed by atoms with Gasteiger partial charge in [0.2, 0.25) is 5.91 Å². The summed E-state index contributed by atoms with van der Waals surface area (Å²) in [6.07, 6.45) is 0.648. The largest absolute Gasteiger partial charge is 0.325 e. The number of nitrogens with one attached hydrogen (secondary N) is 1. The molecule has 0 saturated carbocycles. The summed E-state index contributed by atoms with van der Waals surface area (Å²) in [4.78, 5) is 13.0. The van der Waals surface area contributed by atoms with Gasteiger partial charge < -0.3 is 5.32 Å². The van der Waals surface area contributed by atoms with Crippen LogP contribution in [0.15, 0.2) is 77.7 Å². The second-order valence-electron chi connectivity index (χ2n) is 7.22. The van der Waals surface area contributed by atoms with Crippen molar-refractivity contribution in [2.24, 2.45) is 0 Å². The molecule has 3 aromatic carbocycles. The number of amides is 1. The number of carbonyl (C=O) groups excluding carboxylic acids is 1. The van der Waals surface area contributed by atoms with E-state index in [1.54, 1.807) is 48.5 Å². The maximum absolute atomic E-state index is 13.5. The Hall–Kier alpha value is -3.12. The van der Waals surface area contributed by atoms with E-state index in [4.69, 9.17) is 0 Å². The summed E-state index contributed by atoms with van der Waals surface area (Å²) < 4.78 is 28.2. The van der Waals surface area contributed by atoms with Crippen molar-refractivity contribution in [3.8, 4) is 0 Å². The Morgan fingerprint density at radius 1 is 0.867 bits per heavy atom. The smallest absolute Gasteiger partial charge is 0.264 e. The predicted octanol–water partition coefficient (Wildman–Crippen LogP) is 4.70. The SMILES string of the molecule is CCc1ccccc1N(CC(=O)Nc1ccc(C)cc1)S(=O)(=O)c1ccc(C)cc1. The van der Waals surface area contributed by atoms with Crippen molar-refractivity contribution in [1.29, 1.82) is 0 Å². The zero-order valence-electron chi connectivity index (χ0n) is 17.4. The highest BCUT2D eigenvalue weighted by molar-refractivity contribution is 7.92. The number of benzene rings is 3. The molecule has 0 aromatic heterocycles. The van der Waals surface area contributed by atoms with Gasteiger partial charge in [0.05, 0.1) is 10.6 Å². The number of hydrogen-bond acceptors (Lipinski definition) is 3. The van der Waals surface area contributed by atoms with Crippen LogP contribution in [0, 0.1) is 13.8 Å². The highest BCUT2D eigenvalue weighted by atomic mass is 32.2. The van der Waals surface area contributed by atoms with Crippen LogP contribution in [0.25, 0.3) is 0 Å². The molecule has 156 valence electrons. The molecular weight excluding hydrogens is 396 g/mol. The van der Waals surface area contributed by atoms with E-state index in [-0.39, 0.29) is 11.4 Å². The minimum Gasteiger partial charge on any atom is -0.325 e. The van der Waals surface area contributed by atoms with Crippen molar-refractivity contribution in [3.05, 3.63) is 89.5 Å². The number of hydrogen-bond donors (Lipinski definition) is 1. The Bertz CT molecular complexity index is 1120. The molecule has 0 fully saturated rings. The molecule has 0 aliphatic rings. The van der Waals surface area contributed by atoms with Gasteiger partial charge in [0.15, 0.2) is 0 Å². The Morgan fingerprint density at radius 2 is 1.43 bits per heavy atom. The Morgan fingerprint density at radius 3 is 2.03 bits per heavy atom. The highest BCUT2D eigenvalue weighted by Crippen LogP contribution is 2.28. The van der Waals surface area contributed by atoms with E-state index in [1.165, 1.54) is 4.31 Å². The van der Waals surface area contributed by atoms with Crippen molar-refractivity contribution in [1.82, 2.24) is 0 Å². The van der Waals surface area contributed by atoms with Crippen molar-refractivity contribution in [2.75, 3.05) is 16.2 Å². The zero-order valence-corrected chi connectivity index (χ0v) is 18.2. The van der Waals surface area contributed by atoms with Crippen LogP contribution in [-0.2, 0) is 21.2 Å². The zero-order chi connectivity index (χ0) is 21.7. The van der Waals surface area contributed by atoms with Crippen LogP contribution in [0.2, 0.25) is 0 Å². The minimum absolute atomic E-state index is 0.155. The molecule has 0 heterocycles. The minimum atomic E-state index is -3.93. The van der Waals surface area contributed by atoms with E-state index in [1.807, 2.05) is 45.0 Å². The molecule has 0 radical (unpaired) electrons. The van der Waals surface area contributed by atoms with Crippen LogP contribution in [0.3, 0.4) is 0 Å². The molecule has 30 heavy (non-hydrogen) atoms. The molecule has 1 amide bonds. The van der Waals surface area contributed by atoms with Crippen LogP contribution < -0.4 is 9.62 Å². The molecule has 0 aliphatic carbocycles. The second kappa shape index (κ2) is 9.13. The predicted molar refractivity (Wildman–Crippen MR) is 121 cm³/mol. The summed E-state index contributed by atoms with van der Waals surface area (Å²) >= 11 is 0. The Kier molecular flexibility index (Phi) is 6.57. The van der Waals surface area contributed by atoms with Gasteiger partial charge in [-0.25, -0.2) is 8.42 Å². The molecule has 3 aromatic rings. The van der Waals surface area contributed by atoms with Crippen LogP contribution in [0.5, 0.6) is 0 Å². The van der Waals surface area contributed by atoms with E-state index >= 15 is 0 Å². The molecule has 6 heteroatoms. The summed E-state index contributed by atoms with van der Waals surface area (Å²) in [6, 6.07) is 21.3. The fourth-order valence-electron chi connectivity index (χ4n) is 3.16. The third kappa shape index (κ3) is 4.89. The highest BCUT2D eigenvalue weighted by Gasteiger charge is 2.28. The van der Waals surface area contributed by atoms with Gasteiger partial charge in [-0.05, 0) is 56.2 Å². The molecule has 0 saturated heterocycles. The maximum Gasteiger partial charge on any atom is 0.264 e. The normalized spacial score (nSPS) is 11.2. The number of sulfonamides is 1. The van der Waals surface area contributed by atoms with Crippen molar-refractivity contribution in [2.45, 2.75) is 32.1 Å². The molecule has 3 rings (SSSR count). The first-order valence-electron chi connectivity index (χ1n) is 9.85. The molecule has 5 nitrogen and oxygen atoms in total. The third-order valence-electron chi connectivity index (χ3n) is 4.87. The fraction of sp³-hybridized carbons (Fsp3) is 0.208. The van der Waals surface area contributed by atoms with E-state index in [9.17, 15) is 13.2 Å². The lowest BCUT2D eigenvalue weighted by Crippen LogP contribution is -2.38. The monoisotopic (exact) mass is 422 g/mol. The maximum atomic E-state index is 13.5. The van der Waals surface area contributed by atoms with Gasteiger partial charge in [-0.1, -0.05) is 60.5 Å². The molecule has 1 N–H and O–H groups in total. The van der Waals surface area contributed by atoms with Crippen molar-refractivity contribution < 1.29 is 13.2 Å². The van der Waals surface area contributed by atoms with E-state index in [0.29, 0.717) is 17.8 Å². The molecule has 0 bridgehead atoms. The molecular formula is C24H26N2O3S. The molecule has 0 aliphatic heterocycles. The number of para-hydroxylation sites is 1. The summed E-state index contributed by atoms with van der Waals surface area (Å²) in [5, 5.41) is 2.79. The second-order valence-corrected chi connectivity index (χ2v) is 9.08. The molecule has 0 spiro atoms. The van der Waals surface area contributed by atoms with Crippen LogP contribution in [-0.4, -0.2) is 20.9 Å². The average molecular weight is 423 g/mol. The Balaban J connectivity index is 1.98. The summed E-state index contributed by atoms with van der Waals surface area (Å²) in [7, 11) is -3.93. The van der Waals surface area contributed by atoms with E-state index in [0.717, 1.165) is 16.7 Å². The third-order valence-corrected chi connectivity index (χ3v) is 6.65. The lowest BCUT2D eigenvalue weighted by molar-refractivity contribution is -0.114. The first kappa shape index (κ1) is 21.6. The van der Waals surface area contributed by atoms with Gasteiger partial charge >= 0.3 is 0 Å². The lowest BCUT2D eigenvalue weighted by Gasteiger charge is -2.26.